The van der Waals surface area contributed by atoms with Gasteiger partial charge in [0.2, 0.25) is 0 Å². The normalized spacial score (nSPS) is 10.2. The van der Waals surface area contributed by atoms with Gasteiger partial charge >= 0.3 is 0 Å². The first-order valence-electron chi connectivity index (χ1n) is 6.11. The highest BCUT2D eigenvalue weighted by Gasteiger charge is 2.16. The Morgan fingerprint density at radius 3 is 2.74 bits per heavy atom. The fraction of sp³-hybridized carbons (Fsp3) is 0.200. The Hall–Kier alpha value is -2.20. The van der Waals surface area contributed by atoms with E-state index in [1.165, 1.54) is 0 Å². The maximum absolute atomic E-state index is 12.4. The van der Waals surface area contributed by atoms with Gasteiger partial charge in [-0.25, -0.2) is 0 Å². The van der Waals surface area contributed by atoms with E-state index in [2.05, 4.69) is 11.2 Å². The Morgan fingerprint density at radius 2 is 2.05 bits per heavy atom. The first-order valence-corrected chi connectivity index (χ1v) is 6.11. The van der Waals surface area contributed by atoms with Crippen molar-refractivity contribution in [2.75, 3.05) is 20.1 Å². The van der Waals surface area contributed by atoms with Gasteiger partial charge in [-0.05, 0) is 11.6 Å². The third kappa shape index (κ3) is 2.98. The Bertz CT molecular complexity index is 554. The standard InChI is InChI=1S/C15H16N3O/c1-18(10-8-16)15(19)13-7-9-17-11-14(13)12-5-3-2-4-6-12/h2-7,9H,8,10,16H2,1H3. The lowest BCUT2D eigenvalue weighted by Gasteiger charge is -2.17. The summed E-state index contributed by atoms with van der Waals surface area (Å²) in [4.78, 5) is 17.9. The lowest BCUT2D eigenvalue weighted by atomic mass is 10.0. The van der Waals surface area contributed by atoms with Crippen molar-refractivity contribution in [2.24, 2.45) is 5.73 Å². The molecule has 0 aliphatic rings. The summed E-state index contributed by atoms with van der Waals surface area (Å²) in [5.74, 6) is -0.0667. The van der Waals surface area contributed by atoms with Gasteiger partial charge < -0.3 is 10.6 Å². The number of amides is 1. The minimum absolute atomic E-state index is 0.0667. The molecule has 4 heteroatoms. The van der Waals surface area contributed by atoms with E-state index < -0.39 is 0 Å². The van der Waals surface area contributed by atoms with Crippen LogP contribution >= 0.6 is 0 Å². The molecule has 4 nitrogen and oxygen atoms in total. The number of pyridine rings is 1. The van der Waals surface area contributed by atoms with Gasteiger partial charge in [-0.2, -0.15) is 0 Å². The fourth-order valence-electron chi connectivity index (χ4n) is 1.86. The highest BCUT2D eigenvalue weighted by molar-refractivity contribution is 6.00. The topological polar surface area (TPSA) is 59.2 Å². The molecule has 19 heavy (non-hydrogen) atoms. The molecule has 1 aromatic heterocycles. The van der Waals surface area contributed by atoms with Crippen molar-refractivity contribution in [3.05, 3.63) is 54.4 Å². The smallest absolute Gasteiger partial charge is 0.254 e. The van der Waals surface area contributed by atoms with Gasteiger partial charge in [0.25, 0.3) is 5.91 Å². The summed E-state index contributed by atoms with van der Waals surface area (Å²) in [6.07, 6.45) is 4.48. The Kier molecular flexibility index (Phi) is 4.26. The van der Waals surface area contributed by atoms with Crippen molar-refractivity contribution in [3.8, 4) is 11.1 Å². The van der Waals surface area contributed by atoms with Crippen molar-refractivity contribution in [3.63, 3.8) is 0 Å². The number of aromatic nitrogens is 1. The van der Waals surface area contributed by atoms with Gasteiger partial charge in [-0.1, -0.05) is 30.3 Å². The monoisotopic (exact) mass is 254 g/mol. The SMILES string of the molecule is CN(CCN)C(=O)c1ccn[c]c1-c1ccccc1. The van der Waals surface area contributed by atoms with Crippen LogP contribution in [0.2, 0.25) is 0 Å². The number of rotatable bonds is 4. The molecular formula is C15H16N3O. The summed E-state index contributed by atoms with van der Waals surface area (Å²) in [6.45, 7) is 0.965. The molecule has 1 radical (unpaired) electrons. The van der Waals surface area contributed by atoms with Crippen LogP contribution in [-0.2, 0) is 0 Å². The molecule has 1 amide bonds. The van der Waals surface area contributed by atoms with Gasteiger partial charge in [0.15, 0.2) is 0 Å². The summed E-state index contributed by atoms with van der Waals surface area (Å²) < 4.78 is 0. The largest absolute Gasteiger partial charge is 0.340 e. The summed E-state index contributed by atoms with van der Waals surface area (Å²) in [5, 5.41) is 0. The van der Waals surface area contributed by atoms with Crippen molar-refractivity contribution in [2.45, 2.75) is 0 Å². The number of carbonyl (C=O) groups excluding carboxylic acids is 1. The van der Waals surface area contributed by atoms with Gasteiger partial charge in [-0.15, -0.1) is 0 Å². The second-order valence-electron chi connectivity index (χ2n) is 4.23. The second-order valence-corrected chi connectivity index (χ2v) is 4.23. The summed E-state index contributed by atoms with van der Waals surface area (Å²) >= 11 is 0. The van der Waals surface area contributed by atoms with Crippen molar-refractivity contribution in [1.29, 1.82) is 0 Å². The van der Waals surface area contributed by atoms with Crippen LogP contribution in [0.5, 0.6) is 0 Å². The first kappa shape index (κ1) is 13.2. The number of benzene rings is 1. The van der Waals surface area contributed by atoms with E-state index in [0.717, 1.165) is 11.1 Å². The summed E-state index contributed by atoms with van der Waals surface area (Å²) in [6, 6.07) is 11.4. The van der Waals surface area contributed by atoms with Gasteiger partial charge in [0.1, 0.15) is 0 Å². The highest BCUT2D eigenvalue weighted by Crippen LogP contribution is 2.22. The average molecular weight is 254 g/mol. The van der Waals surface area contributed by atoms with E-state index in [1.807, 2.05) is 30.3 Å². The zero-order valence-corrected chi connectivity index (χ0v) is 10.8. The van der Waals surface area contributed by atoms with Gasteiger partial charge in [0.05, 0.1) is 11.8 Å². The molecule has 0 spiro atoms. The van der Waals surface area contributed by atoms with E-state index in [4.69, 9.17) is 5.73 Å². The zero-order chi connectivity index (χ0) is 13.7. The molecule has 0 saturated carbocycles. The number of likely N-dealkylation sites (N-methyl/N-ethyl adjacent to an activating group) is 1. The van der Waals surface area contributed by atoms with Crippen LogP contribution in [-0.4, -0.2) is 35.9 Å². The van der Waals surface area contributed by atoms with Gasteiger partial charge in [0, 0.05) is 31.9 Å². The van der Waals surface area contributed by atoms with Crippen LogP contribution in [0.4, 0.5) is 0 Å². The Labute approximate surface area is 112 Å². The predicted molar refractivity (Wildman–Crippen MR) is 74.5 cm³/mol. The maximum Gasteiger partial charge on any atom is 0.254 e. The van der Waals surface area contributed by atoms with Crippen LogP contribution in [0.3, 0.4) is 0 Å². The number of carbonyl (C=O) groups is 1. The molecule has 97 valence electrons. The Morgan fingerprint density at radius 1 is 1.32 bits per heavy atom. The summed E-state index contributed by atoms with van der Waals surface area (Å²) in [5.41, 5.74) is 7.73. The lowest BCUT2D eigenvalue weighted by molar-refractivity contribution is 0.0799. The van der Waals surface area contributed by atoms with Crippen LogP contribution in [0, 0.1) is 6.20 Å². The molecule has 0 bridgehead atoms. The molecule has 0 aliphatic carbocycles. The minimum atomic E-state index is -0.0667. The van der Waals surface area contributed by atoms with E-state index in [-0.39, 0.29) is 5.91 Å². The summed E-state index contributed by atoms with van der Waals surface area (Å²) in [7, 11) is 1.74. The third-order valence-electron chi connectivity index (χ3n) is 2.87. The maximum atomic E-state index is 12.4. The predicted octanol–water partition coefficient (Wildman–Crippen LogP) is 1.58. The number of hydrogen-bond acceptors (Lipinski definition) is 3. The minimum Gasteiger partial charge on any atom is -0.340 e. The van der Waals surface area contributed by atoms with Gasteiger partial charge in [-0.3, -0.25) is 9.78 Å². The molecule has 0 aliphatic heterocycles. The molecule has 2 N–H and O–H groups in total. The molecule has 1 heterocycles. The van der Waals surface area contributed by atoms with E-state index in [1.54, 1.807) is 24.2 Å². The molecule has 0 fully saturated rings. The molecule has 0 atom stereocenters. The zero-order valence-electron chi connectivity index (χ0n) is 10.8. The van der Waals surface area contributed by atoms with Crippen molar-refractivity contribution >= 4 is 5.91 Å². The highest BCUT2D eigenvalue weighted by atomic mass is 16.2. The van der Waals surface area contributed by atoms with Crippen molar-refractivity contribution < 1.29 is 4.79 Å². The van der Waals surface area contributed by atoms with E-state index in [9.17, 15) is 4.79 Å². The molecule has 0 saturated heterocycles. The number of hydrogen-bond donors (Lipinski definition) is 1. The van der Waals surface area contributed by atoms with Crippen LogP contribution in [0.1, 0.15) is 10.4 Å². The third-order valence-corrected chi connectivity index (χ3v) is 2.87. The average Bonchev–Trinajstić information content (AvgIpc) is 2.47. The molecule has 0 unspecified atom stereocenters. The second kappa shape index (κ2) is 6.11. The van der Waals surface area contributed by atoms with Crippen molar-refractivity contribution in [1.82, 2.24) is 9.88 Å². The molecular weight excluding hydrogens is 238 g/mol. The van der Waals surface area contributed by atoms with E-state index >= 15 is 0 Å². The lowest BCUT2D eigenvalue weighted by Crippen LogP contribution is -2.32. The fourth-order valence-corrected chi connectivity index (χ4v) is 1.86. The van der Waals surface area contributed by atoms with Crippen LogP contribution in [0.15, 0.2) is 42.6 Å². The number of nitrogens with zero attached hydrogens (tertiary/aromatic N) is 2. The molecule has 2 aromatic rings. The van der Waals surface area contributed by atoms with Crippen LogP contribution in [0.25, 0.3) is 11.1 Å². The molecule has 2 rings (SSSR count). The number of nitrogens with two attached hydrogens (primary N) is 1. The quantitative estimate of drug-likeness (QED) is 0.901. The van der Waals surface area contributed by atoms with E-state index in [0.29, 0.717) is 18.7 Å². The molecule has 1 aromatic carbocycles. The van der Waals surface area contributed by atoms with Crippen LogP contribution < -0.4 is 5.73 Å². The Balaban J connectivity index is 2.40. The first-order chi connectivity index (χ1) is 9.24.